The van der Waals surface area contributed by atoms with Crippen molar-refractivity contribution in [1.29, 1.82) is 0 Å². The van der Waals surface area contributed by atoms with Gasteiger partial charge in [0.2, 0.25) is 5.88 Å². The van der Waals surface area contributed by atoms with E-state index in [0.29, 0.717) is 28.3 Å². The second-order valence-electron chi connectivity index (χ2n) is 5.62. The first-order valence-electron chi connectivity index (χ1n) is 7.37. The molecule has 118 valence electrons. The second-order valence-corrected chi connectivity index (χ2v) is 5.62. The number of rotatable bonds is 3. The monoisotopic (exact) mass is 310 g/mol. The number of aromatic nitrogens is 3. The molecule has 0 amide bonds. The summed E-state index contributed by atoms with van der Waals surface area (Å²) < 4.78 is 7.12. The Hall–Kier alpha value is -2.89. The van der Waals surface area contributed by atoms with Crippen LogP contribution in [0.4, 0.5) is 5.69 Å². The number of ether oxygens (including phenoxy) is 1. The predicted octanol–water partition coefficient (Wildman–Crippen LogP) is 2.46. The fourth-order valence-corrected chi connectivity index (χ4v) is 2.36. The van der Waals surface area contributed by atoms with Gasteiger partial charge in [-0.1, -0.05) is 0 Å². The summed E-state index contributed by atoms with van der Waals surface area (Å²) in [7, 11) is 0. The zero-order valence-corrected chi connectivity index (χ0v) is 13.3. The van der Waals surface area contributed by atoms with Crippen LogP contribution in [0.1, 0.15) is 19.5 Å². The maximum Gasteiger partial charge on any atom is 0.258 e. The van der Waals surface area contributed by atoms with Gasteiger partial charge in [0.05, 0.1) is 18.0 Å². The summed E-state index contributed by atoms with van der Waals surface area (Å²) in [4.78, 5) is 21.2. The third kappa shape index (κ3) is 2.88. The molecule has 6 nitrogen and oxygen atoms in total. The minimum absolute atomic E-state index is 0.0118. The summed E-state index contributed by atoms with van der Waals surface area (Å²) in [6, 6.07) is 8.64. The van der Waals surface area contributed by atoms with Crippen molar-refractivity contribution >= 4 is 16.7 Å². The molecule has 0 bridgehead atoms. The van der Waals surface area contributed by atoms with Crippen molar-refractivity contribution in [3.8, 4) is 11.6 Å². The molecule has 0 atom stereocenters. The fourth-order valence-electron chi connectivity index (χ4n) is 2.36. The van der Waals surface area contributed by atoms with Crippen molar-refractivity contribution in [2.45, 2.75) is 26.9 Å². The molecule has 0 aliphatic heterocycles. The van der Waals surface area contributed by atoms with Crippen LogP contribution in [0.25, 0.3) is 16.7 Å². The highest BCUT2D eigenvalue weighted by Gasteiger charge is 2.12. The number of hydrogen-bond acceptors (Lipinski definition) is 5. The molecular formula is C17H18N4O2. The molecule has 3 aromatic rings. The average molecular weight is 310 g/mol. The number of nitrogens with zero attached hydrogens (tertiary/aromatic N) is 3. The number of fused-ring (bicyclic) bond motifs is 1. The van der Waals surface area contributed by atoms with Crippen molar-refractivity contribution in [1.82, 2.24) is 14.5 Å². The van der Waals surface area contributed by atoms with Gasteiger partial charge in [-0.05, 0) is 39.0 Å². The smallest absolute Gasteiger partial charge is 0.258 e. The van der Waals surface area contributed by atoms with Crippen LogP contribution < -0.4 is 16.0 Å². The van der Waals surface area contributed by atoms with Crippen molar-refractivity contribution in [3.63, 3.8) is 0 Å². The van der Waals surface area contributed by atoms with E-state index in [4.69, 9.17) is 10.5 Å². The first kappa shape index (κ1) is 15.0. The van der Waals surface area contributed by atoms with Crippen LogP contribution in [0.3, 0.4) is 0 Å². The maximum atomic E-state index is 12.4. The Morgan fingerprint density at radius 3 is 2.65 bits per heavy atom. The summed E-state index contributed by atoms with van der Waals surface area (Å²) in [6.07, 6.45) is 1.63. The van der Waals surface area contributed by atoms with Crippen LogP contribution in [0.2, 0.25) is 0 Å². The van der Waals surface area contributed by atoms with E-state index in [1.165, 1.54) is 10.6 Å². The molecule has 6 heteroatoms. The maximum absolute atomic E-state index is 12.4. The first-order valence-corrected chi connectivity index (χ1v) is 7.37. The van der Waals surface area contributed by atoms with E-state index in [1.807, 2.05) is 39.0 Å². The molecule has 23 heavy (non-hydrogen) atoms. The van der Waals surface area contributed by atoms with Gasteiger partial charge in [-0.3, -0.25) is 14.3 Å². The SMILES string of the molecule is Cc1ccc(-n2c(=O)cc(N)c3ccc(OC(C)C)nc32)cn1. The molecule has 0 saturated carbocycles. The van der Waals surface area contributed by atoms with Gasteiger partial charge in [0.1, 0.15) is 0 Å². The Kier molecular flexibility index (Phi) is 3.73. The zero-order valence-electron chi connectivity index (χ0n) is 13.3. The van der Waals surface area contributed by atoms with Crippen molar-refractivity contribution in [3.05, 3.63) is 52.6 Å². The van der Waals surface area contributed by atoms with Crippen LogP contribution in [0.15, 0.2) is 41.3 Å². The Bertz CT molecular complexity index is 914. The summed E-state index contributed by atoms with van der Waals surface area (Å²) in [5.74, 6) is 0.450. The zero-order chi connectivity index (χ0) is 16.6. The van der Waals surface area contributed by atoms with Crippen LogP contribution in [0, 0.1) is 6.92 Å². The summed E-state index contributed by atoms with van der Waals surface area (Å²) in [5, 5.41) is 0.696. The highest BCUT2D eigenvalue weighted by Crippen LogP contribution is 2.23. The Balaban J connectivity index is 2.30. The highest BCUT2D eigenvalue weighted by molar-refractivity contribution is 5.89. The van der Waals surface area contributed by atoms with E-state index < -0.39 is 0 Å². The number of nitrogens with two attached hydrogens (primary N) is 1. The summed E-state index contributed by atoms with van der Waals surface area (Å²) >= 11 is 0. The molecule has 0 aromatic carbocycles. The summed E-state index contributed by atoms with van der Waals surface area (Å²) in [6.45, 7) is 5.73. The van der Waals surface area contributed by atoms with Crippen LogP contribution in [0.5, 0.6) is 5.88 Å². The van der Waals surface area contributed by atoms with Gasteiger partial charge in [-0.2, -0.15) is 4.98 Å². The molecule has 0 spiro atoms. The highest BCUT2D eigenvalue weighted by atomic mass is 16.5. The minimum atomic E-state index is -0.255. The molecule has 0 aliphatic carbocycles. The van der Waals surface area contributed by atoms with E-state index >= 15 is 0 Å². The number of hydrogen-bond donors (Lipinski definition) is 1. The van der Waals surface area contributed by atoms with Gasteiger partial charge < -0.3 is 10.5 Å². The number of pyridine rings is 3. The molecule has 3 heterocycles. The first-order chi connectivity index (χ1) is 11.0. The van der Waals surface area contributed by atoms with E-state index in [0.717, 1.165) is 5.69 Å². The minimum Gasteiger partial charge on any atom is -0.475 e. The molecule has 3 aromatic heterocycles. The number of nitrogen functional groups attached to an aromatic ring is 1. The van der Waals surface area contributed by atoms with Crippen LogP contribution in [-0.4, -0.2) is 20.6 Å². The van der Waals surface area contributed by atoms with E-state index in [2.05, 4.69) is 9.97 Å². The molecule has 0 fully saturated rings. The molecule has 0 radical (unpaired) electrons. The second kappa shape index (κ2) is 5.72. The Morgan fingerprint density at radius 2 is 2.00 bits per heavy atom. The van der Waals surface area contributed by atoms with Crippen molar-refractivity contribution in [2.75, 3.05) is 5.73 Å². The van der Waals surface area contributed by atoms with E-state index in [9.17, 15) is 4.79 Å². The number of aryl methyl sites for hydroxylation is 1. The predicted molar refractivity (Wildman–Crippen MR) is 90.0 cm³/mol. The standard InChI is InChI=1S/C17H18N4O2/c1-10(2)23-15-7-6-13-14(18)8-16(22)21(17(13)20-15)12-5-4-11(3)19-9-12/h4-10H,18H2,1-3H3. The fraction of sp³-hybridized carbons (Fsp3) is 0.235. The van der Waals surface area contributed by atoms with E-state index in [-0.39, 0.29) is 11.7 Å². The van der Waals surface area contributed by atoms with Crippen molar-refractivity contribution in [2.24, 2.45) is 0 Å². The molecule has 0 saturated heterocycles. The lowest BCUT2D eigenvalue weighted by molar-refractivity contribution is 0.233. The molecule has 0 unspecified atom stereocenters. The molecule has 2 N–H and O–H groups in total. The normalized spacial score (nSPS) is 11.1. The van der Waals surface area contributed by atoms with Gasteiger partial charge in [0, 0.05) is 28.9 Å². The Labute approximate surface area is 133 Å². The van der Waals surface area contributed by atoms with Gasteiger partial charge in [-0.15, -0.1) is 0 Å². The largest absolute Gasteiger partial charge is 0.475 e. The van der Waals surface area contributed by atoms with E-state index in [1.54, 1.807) is 12.3 Å². The van der Waals surface area contributed by atoms with Gasteiger partial charge in [-0.25, -0.2) is 0 Å². The lowest BCUT2D eigenvalue weighted by atomic mass is 10.2. The van der Waals surface area contributed by atoms with Gasteiger partial charge in [0.15, 0.2) is 5.65 Å². The topological polar surface area (TPSA) is 83.0 Å². The third-order valence-electron chi connectivity index (χ3n) is 3.38. The molecule has 3 rings (SSSR count). The average Bonchev–Trinajstić information content (AvgIpc) is 2.48. The lowest BCUT2D eigenvalue weighted by Gasteiger charge is -2.13. The quantitative estimate of drug-likeness (QED) is 0.803. The van der Waals surface area contributed by atoms with Gasteiger partial charge >= 0.3 is 0 Å². The summed E-state index contributed by atoms with van der Waals surface area (Å²) in [5.41, 5.74) is 8.08. The Morgan fingerprint density at radius 1 is 1.22 bits per heavy atom. The van der Waals surface area contributed by atoms with Crippen molar-refractivity contribution < 1.29 is 4.74 Å². The van der Waals surface area contributed by atoms with Gasteiger partial charge in [0.25, 0.3) is 5.56 Å². The lowest BCUT2D eigenvalue weighted by Crippen LogP contribution is -2.20. The third-order valence-corrected chi connectivity index (χ3v) is 3.38. The molecular weight excluding hydrogens is 292 g/mol. The van der Waals surface area contributed by atoms with Crippen LogP contribution >= 0.6 is 0 Å². The molecule has 0 aliphatic rings. The van der Waals surface area contributed by atoms with Crippen LogP contribution in [-0.2, 0) is 0 Å². The number of anilines is 1.